The number of benzene rings is 2. The second-order valence-electron chi connectivity index (χ2n) is 6.90. The van der Waals surface area contributed by atoms with Crippen LogP contribution in [0.5, 0.6) is 5.75 Å². The average Bonchev–Trinajstić information content (AvgIpc) is 3.27. The van der Waals surface area contributed by atoms with Crippen molar-refractivity contribution in [1.82, 2.24) is 5.48 Å². The number of aliphatic imine (C=N–C) groups is 1. The van der Waals surface area contributed by atoms with Gasteiger partial charge in [0.1, 0.15) is 17.4 Å². The monoisotopic (exact) mass is 421 g/mol. The second kappa shape index (κ2) is 6.26. The van der Waals surface area contributed by atoms with Gasteiger partial charge in [0.15, 0.2) is 6.73 Å². The summed E-state index contributed by atoms with van der Waals surface area (Å²) in [6.45, 7) is 2.15. The quantitative estimate of drug-likeness (QED) is 0.652. The van der Waals surface area contributed by atoms with Crippen LogP contribution in [0.4, 0.5) is 34.6 Å². The molecule has 0 radical (unpaired) electrons. The Morgan fingerprint density at radius 2 is 2.03 bits per heavy atom. The molecule has 0 amide bonds. The zero-order valence-electron chi connectivity index (χ0n) is 15.5. The molecule has 2 aromatic carbocycles. The van der Waals surface area contributed by atoms with Crippen LogP contribution in [0.1, 0.15) is 12.5 Å². The number of hydroxylamine groups is 1. The van der Waals surface area contributed by atoms with E-state index in [4.69, 9.17) is 9.57 Å². The molecule has 5 rings (SSSR count). The molecule has 3 aliphatic rings. The Morgan fingerprint density at radius 3 is 2.83 bits per heavy atom. The van der Waals surface area contributed by atoms with E-state index < -0.39 is 23.5 Å². The Hall–Kier alpha value is -3.47. The van der Waals surface area contributed by atoms with Crippen molar-refractivity contribution in [3.05, 3.63) is 59.2 Å². The Bertz CT molecular complexity index is 1100. The molecule has 0 aromatic heterocycles. The van der Waals surface area contributed by atoms with Gasteiger partial charge in [-0.3, -0.25) is 4.90 Å². The number of alkyl halides is 3. The minimum Gasteiger partial charge on any atom is -0.471 e. The van der Waals surface area contributed by atoms with E-state index in [2.05, 4.69) is 21.1 Å². The van der Waals surface area contributed by atoms with Crippen LogP contribution < -0.4 is 25.8 Å². The van der Waals surface area contributed by atoms with E-state index in [9.17, 15) is 17.6 Å². The van der Waals surface area contributed by atoms with E-state index in [1.807, 2.05) is 13.0 Å². The number of rotatable bonds is 3. The summed E-state index contributed by atoms with van der Waals surface area (Å²) in [5.41, 5.74) is 3.53. The molecule has 1 saturated heterocycles. The van der Waals surface area contributed by atoms with Crippen molar-refractivity contribution in [2.75, 3.05) is 22.3 Å². The number of anilines is 3. The summed E-state index contributed by atoms with van der Waals surface area (Å²) in [4.78, 5) is 11.7. The van der Waals surface area contributed by atoms with Crippen LogP contribution in [0.2, 0.25) is 0 Å². The summed E-state index contributed by atoms with van der Waals surface area (Å²) < 4.78 is 58.5. The summed E-state index contributed by atoms with van der Waals surface area (Å²) in [6, 6.07) is 7.99. The number of nitrogens with zero attached hydrogens (tertiary/aromatic N) is 2. The zero-order chi connectivity index (χ0) is 21.1. The predicted octanol–water partition coefficient (Wildman–Crippen LogP) is 3.99. The number of fused-ring (bicyclic) bond motifs is 3. The number of nitrogens with one attached hydrogen (secondary N) is 3. The molecular weight excluding hydrogens is 406 g/mol. The number of ether oxygens (including phenoxy) is 1. The first kappa shape index (κ1) is 18.6. The van der Waals surface area contributed by atoms with Crippen LogP contribution in [0.3, 0.4) is 0 Å². The second-order valence-corrected chi connectivity index (χ2v) is 6.90. The highest BCUT2D eigenvalue weighted by molar-refractivity contribution is 5.85. The van der Waals surface area contributed by atoms with Gasteiger partial charge < -0.3 is 15.4 Å². The van der Waals surface area contributed by atoms with Crippen molar-refractivity contribution in [2.24, 2.45) is 4.99 Å². The summed E-state index contributed by atoms with van der Waals surface area (Å²) in [5.74, 6) is -1.72. The minimum absolute atomic E-state index is 0.0175. The molecule has 2 bridgehead atoms. The lowest BCUT2D eigenvalue weighted by molar-refractivity contribution is -0.139. The van der Waals surface area contributed by atoms with Gasteiger partial charge in [0, 0.05) is 17.5 Å². The van der Waals surface area contributed by atoms with E-state index in [-0.39, 0.29) is 5.69 Å². The van der Waals surface area contributed by atoms with Crippen molar-refractivity contribution in [1.29, 1.82) is 0 Å². The largest absolute Gasteiger partial charge is 0.471 e. The fourth-order valence-electron chi connectivity index (χ4n) is 3.49. The molecule has 1 unspecified atom stereocenters. The molecule has 0 aliphatic carbocycles. The fraction of sp³-hybridized carbons (Fsp3) is 0.211. The van der Waals surface area contributed by atoms with E-state index in [1.54, 1.807) is 23.2 Å². The van der Waals surface area contributed by atoms with Crippen LogP contribution in [0.25, 0.3) is 0 Å². The Morgan fingerprint density at radius 1 is 1.20 bits per heavy atom. The zero-order valence-corrected chi connectivity index (χ0v) is 15.5. The van der Waals surface area contributed by atoms with Crippen molar-refractivity contribution in [3.63, 3.8) is 0 Å². The molecule has 3 N–H and O–H groups in total. The summed E-state index contributed by atoms with van der Waals surface area (Å²) >= 11 is 0. The molecular formula is C19H15F4N5O2. The highest BCUT2D eigenvalue weighted by Gasteiger charge is 2.50. The van der Waals surface area contributed by atoms with Gasteiger partial charge in [-0.05, 0) is 43.3 Å². The maximum atomic E-state index is 13.7. The van der Waals surface area contributed by atoms with E-state index >= 15 is 0 Å². The number of hydrogen-bond acceptors (Lipinski definition) is 7. The first-order chi connectivity index (χ1) is 14.3. The van der Waals surface area contributed by atoms with Crippen molar-refractivity contribution < 1.29 is 27.1 Å². The van der Waals surface area contributed by atoms with Crippen molar-refractivity contribution in [3.8, 4) is 5.75 Å². The average molecular weight is 421 g/mol. The summed E-state index contributed by atoms with van der Waals surface area (Å²) in [6.07, 6.45) is -3.29. The van der Waals surface area contributed by atoms with Gasteiger partial charge >= 0.3 is 12.1 Å². The lowest BCUT2D eigenvalue weighted by atomic mass is 10.1. The third-order valence-corrected chi connectivity index (χ3v) is 4.91. The number of hydrogen-bond donors (Lipinski definition) is 3. The molecule has 1 atom stereocenters. The highest BCUT2D eigenvalue weighted by Crippen LogP contribution is 2.42. The molecule has 11 heteroatoms. The van der Waals surface area contributed by atoms with Gasteiger partial charge in [0.25, 0.3) is 0 Å². The molecule has 7 nitrogen and oxygen atoms in total. The lowest BCUT2D eigenvalue weighted by Crippen LogP contribution is -2.51. The molecule has 3 heterocycles. The molecule has 0 saturated carbocycles. The molecule has 156 valence electrons. The minimum atomic E-state index is -4.84. The number of allylic oxidation sites excluding steroid dienone is 1. The van der Waals surface area contributed by atoms with Gasteiger partial charge in [-0.15, -0.1) is 0 Å². The molecule has 3 aliphatic heterocycles. The van der Waals surface area contributed by atoms with Gasteiger partial charge in [0.05, 0.1) is 16.9 Å². The van der Waals surface area contributed by atoms with Gasteiger partial charge in [-0.1, -0.05) is 0 Å². The highest BCUT2D eigenvalue weighted by atomic mass is 19.4. The lowest BCUT2D eigenvalue weighted by Gasteiger charge is -2.36. The van der Waals surface area contributed by atoms with Crippen LogP contribution in [-0.2, 0) is 11.0 Å². The molecule has 2 aromatic rings. The maximum Gasteiger partial charge on any atom is 0.419 e. The standard InChI is InChI=1S/C19H15F4N5O2/c1-10-8-25-19(26-11-2-4-14(20)13(6-11)18(21,22)23)28(17(10)27-30-19)12-3-5-16-15(7-12)24-9-29-16/h2-8,24,26-27H,9H2,1H3. The molecule has 0 spiro atoms. The Labute approximate surface area is 167 Å². The molecule has 30 heavy (non-hydrogen) atoms. The van der Waals surface area contributed by atoms with Gasteiger partial charge in [-0.2, -0.15) is 13.2 Å². The van der Waals surface area contributed by atoms with Crippen molar-refractivity contribution >= 4 is 23.3 Å². The van der Waals surface area contributed by atoms with E-state index in [1.165, 1.54) is 6.07 Å². The van der Waals surface area contributed by atoms with E-state index in [0.717, 1.165) is 17.3 Å². The topological polar surface area (TPSA) is 70.2 Å². The van der Waals surface area contributed by atoms with Crippen molar-refractivity contribution in [2.45, 2.75) is 19.1 Å². The Balaban J connectivity index is 1.56. The predicted molar refractivity (Wildman–Crippen MR) is 101 cm³/mol. The smallest absolute Gasteiger partial charge is 0.419 e. The van der Waals surface area contributed by atoms with Crippen LogP contribution in [0, 0.1) is 5.82 Å². The Kier molecular flexibility index (Phi) is 3.87. The van der Waals surface area contributed by atoms with Crippen LogP contribution in [0.15, 0.2) is 52.8 Å². The maximum absolute atomic E-state index is 13.7. The molecule has 1 fully saturated rings. The first-order valence-corrected chi connectivity index (χ1v) is 8.93. The van der Waals surface area contributed by atoms with E-state index in [0.29, 0.717) is 30.1 Å². The SMILES string of the molecule is CC1=C2NOC(Nc3ccc(F)c(C(F)(F)F)c3)(N=C1)N2c1ccc2c(c1)NCO2. The third kappa shape index (κ3) is 2.81. The van der Waals surface area contributed by atoms with Crippen LogP contribution in [-0.4, -0.2) is 18.9 Å². The summed E-state index contributed by atoms with van der Waals surface area (Å²) in [7, 11) is 0. The van der Waals surface area contributed by atoms with Crippen LogP contribution >= 0.6 is 0 Å². The van der Waals surface area contributed by atoms with Gasteiger partial charge in [-0.25, -0.2) is 19.7 Å². The first-order valence-electron chi connectivity index (χ1n) is 8.93. The normalized spacial score (nSPS) is 21.8. The third-order valence-electron chi connectivity index (χ3n) is 4.91. The number of halogens is 4. The summed E-state index contributed by atoms with van der Waals surface area (Å²) in [5, 5.41) is 5.93. The fourth-order valence-corrected chi connectivity index (χ4v) is 3.49. The van der Waals surface area contributed by atoms with Gasteiger partial charge in [0.2, 0.25) is 0 Å².